The quantitative estimate of drug-likeness (QED) is 0.771. The van der Waals surface area contributed by atoms with Crippen molar-refractivity contribution in [2.75, 3.05) is 18.9 Å². The summed E-state index contributed by atoms with van der Waals surface area (Å²) in [6, 6.07) is 2.76. The van der Waals surface area contributed by atoms with Crippen LogP contribution < -0.4 is 5.32 Å². The first kappa shape index (κ1) is 19.3. The lowest BCUT2D eigenvalue weighted by atomic mass is 10.0. The van der Waals surface area contributed by atoms with Gasteiger partial charge in [-0.15, -0.1) is 0 Å². The molecule has 1 aliphatic rings. The zero-order chi connectivity index (χ0) is 19.7. The van der Waals surface area contributed by atoms with Gasteiger partial charge in [0.05, 0.1) is 23.4 Å². The molecule has 2 unspecified atom stereocenters. The Bertz CT molecular complexity index is 894. The molecule has 2 atom stereocenters. The van der Waals surface area contributed by atoms with Gasteiger partial charge < -0.3 is 4.90 Å². The largest absolute Gasteiger partial charge is 0.332 e. The van der Waals surface area contributed by atoms with Crippen LogP contribution in [0.15, 0.2) is 29.0 Å². The lowest BCUT2D eigenvalue weighted by Gasteiger charge is -2.19. The van der Waals surface area contributed by atoms with Crippen molar-refractivity contribution in [1.82, 2.24) is 14.9 Å². The van der Waals surface area contributed by atoms with Gasteiger partial charge in [-0.2, -0.15) is 0 Å². The molecule has 0 spiro atoms. The van der Waals surface area contributed by atoms with E-state index in [-0.39, 0.29) is 34.5 Å². The molecule has 142 valence electrons. The van der Waals surface area contributed by atoms with Crippen LogP contribution in [0, 0.1) is 11.6 Å². The summed E-state index contributed by atoms with van der Waals surface area (Å²) in [5.74, 6) is -3.36. The van der Waals surface area contributed by atoms with E-state index in [0.29, 0.717) is 0 Å². The molecule has 1 heterocycles. The first-order chi connectivity index (χ1) is 12.8. The summed E-state index contributed by atoms with van der Waals surface area (Å²) in [5.41, 5.74) is 0.0187. The second-order valence-corrected chi connectivity index (χ2v) is 6.97. The minimum atomic E-state index is -1.19. The molecule has 0 radical (unpaired) electrons. The number of amides is 2. The van der Waals surface area contributed by atoms with Crippen LogP contribution >= 0.6 is 15.9 Å². The van der Waals surface area contributed by atoms with Crippen LogP contribution in [-0.2, 0) is 4.79 Å². The predicted molar refractivity (Wildman–Crippen MR) is 93.9 cm³/mol. The van der Waals surface area contributed by atoms with E-state index in [1.807, 2.05) is 0 Å². The molecule has 0 aliphatic heterocycles. The van der Waals surface area contributed by atoms with E-state index in [9.17, 15) is 22.8 Å². The van der Waals surface area contributed by atoms with Gasteiger partial charge in [-0.3, -0.25) is 14.9 Å². The number of nitrogens with zero attached hydrogens (tertiary/aromatic N) is 3. The number of rotatable bonds is 5. The Labute approximate surface area is 160 Å². The number of anilines is 1. The third-order valence-corrected chi connectivity index (χ3v) is 4.66. The Kier molecular flexibility index (Phi) is 5.45. The van der Waals surface area contributed by atoms with Crippen molar-refractivity contribution in [3.63, 3.8) is 0 Å². The van der Waals surface area contributed by atoms with E-state index in [1.54, 1.807) is 0 Å². The van der Waals surface area contributed by atoms with Gasteiger partial charge in [0.2, 0.25) is 11.9 Å². The van der Waals surface area contributed by atoms with Gasteiger partial charge in [0.25, 0.3) is 5.91 Å². The molecule has 1 aromatic heterocycles. The molecule has 2 amide bonds. The molecular weight excluding hydrogens is 429 g/mol. The normalized spacial score (nSPS) is 18.1. The zero-order valence-corrected chi connectivity index (χ0v) is 15.6. The Morgan fingerprint density at radius 1 is 1.30 bits per heavy atom. The number of benzene rings is 1. The minimum Gasteiger partial charge on any atom is -0.332 e. The molecule has 27 heavy (non-hydrogen) atoms. The lowest BCUT2D eigenvalue weighted by Crippen LogP contribution is -2.35. The third kappa shape index (κ3) is 4.26. The van der Waals surface area contributed by atoms with Crippen LogP contribution in [0.2, 0.25) is 0 Å². The van der Waals surface area contributed by atoms with Gasteiger partial charge in [0.15, 0.2) is 5.82 Å². The van der Waals surface area contributed by atoms with Crippen LogP contribution in [0.5, 0.6) is 0 Å². The van der Waals surface area contributed by atoms with Crippen molar-refractivity contribution >= 4 is 33.7 Å². The first-order valence-electron chi connectivity index (χ1n) is 7.92. The van der Waals surface area contributed by atoms with Crippen LogP contribution in [-0.4, -0.2) is 46.4 Å². The molecule has 1 fully saturated rings. The summed E-state index contributed by atoms with van der Waals surface area (Å²) in [4.78, 5) is 32.9. The second-order valence-electron chi connectivity index (χ2n) is 6.12. The van der Waals surface area contributed by atoms with Crippen LogP contribution in [0.25, 0.3) is 0 Å². The standard InChI is InChI=1S/C17H14BrF3N4O2/c1-25(7-13(26)24-17-22-5-8(19)6-23-17)16(27)9-2-3-11(18)15(21)14(9)10-4-12(10)20/h2-3,5-6,10,12H,4,7H2,1H3,(H,22,23,24,26). The Morgan fingerprint density at radius 2 is 1.93 bits per heavy atom. The maximum atomic E-state index is 14.4. The predicted octanol–water partition coefficient (Wildman–Crippen LogP) is 3.05. The molecule has 1 N–H and O–H groups in total. The zero-order valence-electron chi connectivity index (χ0n) is 14.0. The average molecular weight is 443 g/mol. The van der Waals surface area contributed by atoms with Gasteiger partial charge in [-0.05, 0) is 34.5 Å². The van der Waals surface area contributed by atoms with E-state index in [1.165, 1.54) is 19.2 Å². The summed E-state index contributed by atoms with van der Waals surface area (Å²) in [6.07, 6.45) is 0.735. The highest BCUT2D eigenvalue weighted by molar-refractivity contribution is 9.10. The molecule has 6 nitrogen and oxygen atoms in total. The lowest BCUT2D eigenvalue weighted by molar-refractivity contribution is -0.116. The van der Waals surface area contributed by atoms with Gasteiger partial charge in [0, 0.05) is 24.1 Å². The molecule has 0 saturated heterocycles. The van der Waals surface area contributed by atoms with Crippen molar-refractivity contribution in [3.05, 3.63) is 51.8 Å². The summed E-state index contributed by atoms with van der Waals surface area (Å²) >= 11 is 3.04. The molecule has 1 saturated carbocycles. The first-order valence-corrected chi connectivity index (χ1v) is 8.72. The fourth-order valence-electron chi connectivity index (χ4n) is 2.61. The van der Waals surface area contributed by atoms with Gasteiger partial charge >= 0.3 is 0 Å². The van der Waals surface area contributed by atoms with E-state index < -0.39 is 35.5 Å². The summed E-state index contributed by atoms with van der Waals surface area (Å²) in [7, 11) is 1.36. The highest BCUT2D eigenvalue weighted by Gasteiger charge is 2.43. The van der Waals surface area contributed by atoms with Crippen LogP contribution in [0.3, 0.4) is 0 Å². The smallest absolute Gasteiger partial charge is 0.254 e. The Hall–Kier alpha value is -2.49. The van der Waals surface area contributed by atoms with Crippen molar-refractivity contribution in [3.8, 4) is 0 Å². The number of halogens is 4. The van der Waals surface area contributed by atoms with Crippen LogP contribution in [0.1, 0.15) is 28.3 Å². The molecule has 0 bridgehead atoms. The van der Waals surface area contributed by atoms with Crippen molar-refractivity contribution in [1.29, 1.82) is 0 Å². The van der Waals surface area contributed by atoms with E-state index >= 15 is 0 Å². The number of nitrogens with one attached hydrogen (secondary N) is 1. The number of carbonyl (C=O) groups excluding carboxylic acids is 2. The highest BCUT2D eigenvalue weighted by atomic mass is 79.9. The monoisotopic (exact) mass is 442 g/mol. The molecular formula is C17H14BrF3N4O2. The second kappa shape index (κ2) is 7.63. The minimum absolute atomic E-state index is 0.00850. The van der Waals surface area contributed by atoms with E-state index in [0.717, 1.165) is 17.3 Å². The number of hydrogen-bond acceptors (Lipinski definition) is 4. The number of carbonyl (C=O) groups is 2. The highest BCUT2D eigenvalue weighted by Crippen LogP contribution is 2.47. The number of hydrogen-bond donors (Lipinski definition) is 1. The average Bonchev–Trinajstić information content (AvgIpc) is 3.34. The fourth-order valence-corrected chi connectivity index (χ4v) is 2.96. The number of aromatic nitrogens is 2. The molecule has 1 aliphatic carbocycles. The Morgan fingerprint density at radius 3 is 2.52 bits per heavy atom. The van der Waals surface area contributed by atoms with E-state index in [4.69, 9.17) is 0 Å². The molecule has 2 aromatic rings. The fraction of sp³-hybridized carbons (Fsp3) is 0.294. The summed E-state index contributed by atoms with van der Waals surface area (Å²) in [5, 5.41) is 2.32. The van der Waals surface area contributed by atoms with Crippen LogP contribution in [0.4, 0.5) is 19.1 Å². The molecule has 1 aromatic carbocycles. The third-order valence-electron chi connectivity index (χ3n) is 4.05. The van der Waals surface area contributed by atoms with Crippen molar-refractivity contribution in [2.45, 2.75) is 18.5 Å². The number of alkyl halides is 1. The summed E-state index contributed by atoms with van der Waals surface area (Å²) < 4.78 is 40.8. The number of likely N-dealkylation sites (N-methyl/N-ethyl adjacent to an activating group) is 1. The Balaban J connectivity index is 1.73. The van der Waals surface area contributed by atoms with Gasteiger partial charge in [0.1, 0.15) is 12.0 Å². The maximum Gasteiger partial charge on any atom is 0.254 e. The SMILES string of the molecule is CN(CC(=O)Nc1ncc(F)cn1)C(=O)c1ccc(Br)c(F)c1C1CC1F. The van der Waals surface area contributed by atoms with Gasteiger partial charge in [-0.1, -0.05) is 0 Å². The summed E-state index contributed by atoms with van der Waals surface area (Å²) in [6.45, 7) is -0.375. The molecule has 3 rings (SSSR count). The van der Waals surface area contributed by atoms with E-state index in [2.05, 4.69) is 31.2 Å². The van der Waals surface area contributed by atoms with Crippen molar-refractivity contribution < 1.29 is 22.8 Å². The van der Waals surface area contributed by atoms with Gasteiger partial charge in [-0.25, -0.2) is 23.1 Å². The topological polar surface area (TPSA) is 75.2 Å². The van der Waals surface area contributed by atoms with Crippen molar-refractivity contribution in [2.24, 2.45) is 0 Å². The molecule has 10 heteroatoms. The maximum absolute atomic E-state index is 14.4.